The molecular weight excluding hydrogens is 356 g/mol. The van der Waals surface area contributed by atoms with Gasteiger partial charge in [-0.1, -0.05) is 28.9 Å². The number of carbonyl (C=O) groups is 1. The maximum Gasteiger partial charge on any atom is 0.339 e. The molecule has 6 nitrogen and oxygen atoms in total. The van der Waals surface area contributed by atoms with Crippen molar-refractivity contribution in [3.63, 3.8) is 0 Å². The molecular formula is C19H13ClN2O4. The number of hydrogen-bond donors (Lipinski definition) is 0. The molecule has 0 spiro atoms. The molecule has 4 rings (SSSR count). The molecule has 0 unspecified atom stereocenters. The first-order valence-corrected chi connectivity index (χ1v) is 8.22. The Balaban J connectivity index is 1.69. The molecule has 4 aromatic rings. The second kappa shape index (κ2) is 6.65. The Morgan fingerprint density at radius 1 is 1.23 bits per heavy atom. The maximum absolute atomic E-state index is 12.7. The van der Waals surface area contributed by atoms with Gasteiger partial charge in [-0.2, -0.15) is 0 Å². The number of esters is 1. The molecule has 0 fully saturated rings. The molecule has 0 aliphatic rings. The zero-order valence-corrected chi connectivity index (χ0v) is 14.5. The van der Waals surface area contributed by atoms with Crippen molar-refractivity contribution in [3.05, 3.63) is 70.6 Å². The van der Waals surface area contributed by atoms with Crippen LogP contribution in [0, 0.1) is 6.92 Å². The van der Waals surface area contributed by atoms with Crippen molar-refractivity contribution < 1.29 is 18.5 Å². The van der Waals surface area contributed by atoms with E-state index in [1.165, 1.54) is 6.26 Å². The van der Waals surface area contributed by atoms with E-state index in [1.807, 2.05) is 6.07 Å². The number of aryl methyl sites for hydroxylation is 1. The zero-order valence-electron chi connectivity index (χ0n) is 13.7. The van der Waals surface area contributed by atoms with E-state index in [9.17, 15) is 4.79 Å². The minimum Gasteiger partial charge on any atom is -0.463 e. The van der Waals surface area contributed by atoms with Gasteiger partial charge in [0, 0.05) is 5.02 Å². The van der Waals surface area contributed by atoms with E-state index >= 15 is 0 Å². The molecule has 0 saturated carbocycles. The smallest absolute Gasteiger partial charge is 0.339 e. The fraction of sp³-hybridized carbons (Fsp3) is 0.105. The van der Waals surface area contributed by atoms with Crippen LogP contribution in [0.2, 0.25) is 5.02 Å². The van der Waals surface area contributed by atoms with Crippen molar-refractivity contribution >= 4 is 28.7 Å². The lowest BCUT2D eigenvalue weighted by Gasteiger charge is -2.07. The Hall–Kier alpha value is -3.12. The van der Waals surface area contributed by atoms with Gasteiger partial charge in [-0.3, -0.25) is 0 Å². The number of pyridine rings is 1. The number of nitrogens with zero attached hydrogens (tertiary/aromatic N) is 2. The van der Waals surface area contributed by atoms with Crippen molar-refractivity contribution in [2.45, 2.75) is 13.5 Å². The Labute approximate surface area is 153 Å². The van der Waals surface area contributed by atoms with E-state index in [1.54, 1.807) is 43.3 Å². The maximum atomic E-state index is 12.7. The molecule has 0 atom stereocenters. The summed E-state index contributed by atoms with van der Waals surface area (Å²) in [5, 5.41) is 5.01. The summed E-state index contributed by atoms with van der Waals surface area (Å²) in [6.07, 6.45) is 1.53. The highest BCUT2D eigenvalue weighted by molar-refractivity contribution is 6.30. The number of halogens is 1. The van der Waals surface area contributed by atoms with Crippen molar-refractivity contribution in [3.8, 4) is 11.5 Å². The average molecular weight is 369 g/mol. The second-order valence-electron chi connectivity index (χ2n) is 5.69. The van der Waals surface area contributed by atoms with E-state index in [-0.39, 0.29) is 12.3 Å². The summed E-state index contributed by atoms with van der Waals surface area (Å²) in [6, 6.07) is 12.2. The van der Waals surface area contributed by atoms with Crippen LogP contribution < -0.4 is 0 Å². The summed E-state index contributed by atoms with van der Waals surface area (Å²) in [7, 11) is 0. The van der Waals surface area contributed by atoms with Gasteiger partial charge in [-0.25, -0.2) is 9.78 Å². The third kappa shape index (κ3) is 3.07. The molecule has 130 valence electrons. The van der Waals surface area contributed by atoms with Crippen molar-refractivity contribution in [1.82, 2.24) is 10.1 Å². The lowest BCUT2D eigenvalue weighted by atomic mass is 10.1. The number of aromatic nitrogens is 2. The summed E-state index contributed by atoms with van der Waals surface area (Å²) in [5.74, 6) is 0.0151. The second-order valence-corrected chi connectivity index (χ2v) is 6.12. The van der Waals surface area contributed by atoms with Crippen LogP contribution in [-0.2, 0) is 11.3 Å². The third-order valence-corrected chi connectivity index (χ3v) is 4.10. The number of hydrogen-bond acceptors (Lipinski definition) is 6. The largest absolute Gasteiger partial charge is 0.463 e. The van der Waals surface area contributed by atoms with Crippen LogP contribution in [0.4, 0.5) is 0 Å². The fourth-order valence-electron chi connectivity index (χ4n) is 2.66. The van der Waals surface area contributed by atoms with Crippen LogP contribution >= 0.6 is 11.6 Å². The van der Waals surface area contributed by atoms with E-state index in [0.29, 0.717) is 33.1 Å². The van der Waals surface area contributed by atoms with Gasteiger partial charge in [0.25, 0.3) is 5.71 Å². The Morgan fingerprint density at radius 3 is 2.88 bits per heavy atom. The predicted molar refractivity (Wildman–Crippen MR) is 94.8 cm³/mol. The van der Waals surface area contributed by atoms with Gasteiger partial charge < -0.3 is 13.7 Å². The van der Waals surface area contributed by atoms with E-state index in [0.717, 1.165) is 5.56 Å². The molecule has 3 heterocycles. The molecule has 0 N–H and O–H groups in total. The highest BCUT2D eigenvalue weighted by Gasteiger charge is 2.21. The number of benzene rings is 1. The van der Waals surface area contributed by atoms with Crippen LogP contribution in [0.5, 0.6) is 0 Å². The number of rotatable bonds is 4. The Kier molecular flexibility index (Phi) is 4.18. The summed E-state index contributed by atoms with van der Waals surface area (Å²) < 4.78 is 16.0. The summed E-state index contributed by atoms with van der Waals surface area (Å²) in [5.41, 5.74) is 2.40. The van der Waals surface area contributed by atoms with Crippen LogP contribution in [0.1, 0.15) is 21.6 Å². The molecule has 0 amide bonds. The summed E-state index contributed by atoms with van der Waals surface area (Å²) in [4.78, 5) is 17.1. The normalized spacial score (nSPS) is 11.0. The first-order valence-electron chi connectivity index (χ1n) is 7.84. The monoisotopic (exact) mass is 368 g/mol. The molecule has 0 aliphatic carbocycles. The molecule has 7 heteroatoms. The first-order chi connectivity index (χ1) is 12.6. The topological polar surface area (TPSA) is 78.4 Å². The van der Waals surface area contributed by atoms with Crippen molar-refractivity contribution in [2.24, 2.45) is 0 Å². The number of fused-ring (bicyclic) bond motifs is 1. The fourth-order valence-corrected chi connectivity index (χ4v) is 2.87. The number of ether oxygens (including phenoxy) is 1. The molecule has 0 radical (unpaired) electrons. The lowest BCUT2D eigenvalue weighted by molar-refractivity contribution is 0.0475. The van der Waals surface area contributed by atoms with Gasteiger partial charge >= 0.3 is 5.97 Å². The molecule has 3 aromatic heterocycles. The standard InChI is InChI=1S/C19H13ClN2O4/c1-11-17-14(19(23)25-10-12-4-2-5-13(20)8-12)9-15(16-6-3-7-24-16)21-18(17)26-22-11/h2-9H,10H2,1H3. The van der Waals surface area contributed by atoms with Gasteiger partial charge in [-0.05, 0) is 42.8 Å². The molecule has 0 saturated heterocycles. The van der Waals surface area contributed by atoms with Crippen molar-refractivity contribution in [2.75, 3.05) is 0 Å². The van der Waals surface area contributed by atoms with E-state index < -0.39 is 5.97 Å². The first kappa shape index (κ1) is 16.4. The molecule has 0 bridgehead atoms. The van der Waals surface area contributed by atoms with Gasteiger partial charge in [0.15, 0.2) is 5.76 Å². The van der Waals surface area contributed by atoms with Crippen LogP contribution in [-0.4, -0.2) is 16.1 Å². The third-order valence-electron chi connectivity index (χ3n) is 3.87. The van der Waals surface area contributed by atoms with Gasteiger partial charge in [0.05, 0.1) is 22.9 Å². The minimum atomic E-state index is -0.503. The van der Waals surface area contributed by atoms with E-state index in [4.69, 9.17) is 25.3 Å². The zero-order chi connectivity index (χ0) is 18.1. The van der Waals surface area contributed by atoms with Crippen LogP contribution in [0.3, 0.4) is 0 Å². The summed E-state index contributed by atoms with van der Waals surface area (Å²) in [6.45, 7) is 1.84. The quantitative estimate of drug-likeness (QED) is 0.481. The SMILES string of the molecule is Cc1noc2nc(-c3ccco3)cc(C(=O)OCc3cccc(Cl)c3)c12. The average Bonchev–Trinajstić information content (AvgIpc) is 3.29. The number of furan rings is 1. The highest BCUT2D eigenvalue weighted by atomic mass is 35.5. The van der Waals surface area contributed by atoms with Gasteiger partial charge in [0.1, 0.15) is 12.3 Å². The molecule has 26 heavy (non-hydrogen) atoms. The van der Waals surface area contributed by atoms with Gasteiger partial charge in [-0.15, -0.1) is 0 Å². The van der Waals surface area contributed by atoms with Crippen LogP contribution in [0.15, 0.2) is 57.7 Å². The van der Waals surface area contributed by atoms with Gasteiger partial charge in [0.2, 0.25) is 0 Å². The minimum absolute atomic E-state index is 0.101. The predicted octanol–water partition coefficient (Wildman–Crippen LogP) is 4.80. The lowest BCUT2D eigenvalue weighted by Crippen LogP contribution is -2.07. The molecule has 0 aliphatic heterocycles. The molecule has 1 aromatic carbocycles. The van der Waals surface area contributed by atoms with Crippen molar-refractivity contribution in [1.29, 1.82) is 0 Å². The van der Waals surface area contributed by atoms with Crippen LogP contribution in [0.25, 0.3) is 22.6 Å². The summed E-state index contributed by atoms with van der Waals surface area (Å²) >= 11 is 5.96. The Morgan fingerprint density at radius 2 is 2.12 bits per heavy atom. The van der Waals surface area contributed by atoms with E-state index in [2.05, 4.69) is 10.1 Å². The highest BCUT2D eigenvalue weighted by Crippen LogP contribution is 2.28. The Bertz CT molecular complexity index is 1090. The number of carbonyl (C=O) groups excluding carboxylic acids is 1.